The van der Waals surface area contributed by atoms with Gasteiger partial charge in [-0.05, 0) is 13.8 Å². The van der Waals surface area contributed by atoms with Crippen molar-refractivity contribution in [1.29, 1.82) is 0 Å². The molecular formula is C18H21ClN6O9S2. The van der Waals surface area contributed by atoms with Crippen LogP contribution in [0.15, 0.2) is 22.2 Å². The number of β-lactam (4-membered cyclic amide) rings is 1. The fraction of sp³-hybridized carbons (Fsp3) is 0.333. The zero-order chi connectivity index (χ0) is 26.5. The lowest BCUT2D eigenvalue weighted by molar-refractivity contribution is -0.245. The Morgan fingerprint density at radius 1 is 1.42 bits per heavy atom. The van der Waals surface area contributed by atoms with Crippen molar-refractivity contribution < 1.29 is 39.2 Å². The lowest BCUT2D eigenvalue weighted by Gasteiger charge is -2.51. The summed E-state index contributed by atoms with van der Waals surface area (Å²) in [7, 11) is 1.33. The number of nitrogens with zero attached hydrogens (tertiary/aromatic N) is 4. The Hall–Kier alpha value is -3.63. The summed E-state index contributed by atoms with van der Waals surface area (Å²) in [6, 6.07) is 0.00226. The van der Waals surface area contributed by atoms with Crippen molar-refractivity contribution in [2.75, 3.05) is 12.8 Å². The van der Waals surface area contributed by atoms with Gasteiger partial charge in [0.2, 0.25) is 5.43 Å². The second-order valence-corrected chi connectivity index (χ2v) is 8.84. The highest BCUT2D eigenvalue weighted by atomic mass is 35.5. The molecule has 1 aliphatic heterocycles. The van der Waals surface area contributed by atoms with Gasteiger partial charge in [-0.15, -0.1) is 0 Å². The highest BCUT2D eigenvalue weighted by Gasteiger charge is 2.56. The Morgan fingerprint density at radius 3 is 2.53 bits per heavy atom. The zero-order valence-corrected chi connectivity index (χ0v) is 21.4. The maximum atomic E-state index is 12.9. The van der Waals surface area contributed by atoms with Crippen molar-refractivity contribution >= 4 is 65.2 Å². The number of nitrogen functional groups attached to an aromatic ring is 1. The number of oxime groups is 1. The van der Waals surface area contributed by atoms with Crippen LogP contribution in [0.3, 0.4) is 0 Å². The summed E-state index contributed by atoms with van der Waals surface area (Å²) < 4.78 is 0.524. The van der Waals surface area contributed by atoms with Gasteiger partial charge in [0.1, 0.15) is 21.8 Å². The van der Waals surface area contributed by atoms with Crippen LogP contribution in [0.2, 0.25) is 4.34 Å². The molecule has 2 amide bonds. The number of carbonyl (C=O) groups excluding carboxylic acids is 4. The first kappa shape index (κ1) is 30.4. The van der Waals surface area contributed by atoms with Crippen LogP contribution in [-0.2, 0) is 35.5 Å². The number of hydrogen-bond donors (Lipinski definition) is 4. The van der Waals surface area contributed by atoms with Gasteiger partial charge >= 0.3 is 6.15 Å². The highest BCUT2D eigenvalue weighted by molar-refractivity contribution is 7.59. The van der Waals surface area contributed by atoms with E-state index >= 15 is 0 Å². The fourth-order valence-corrected chi connectivity index (χ4v) is 3.93. The molecule has 18 heteroatoms. The van der Waals surface area contributed by atoms with Crippen LogP contribution in [0, 0.1) is 0 Å². The maximum absolute atomic E-state index is 12.9. The average Bonchev–Trinajstić information content (AvgIpc) is 3.11. The van der Waals surface area contributed by atoms with Gasteiger partial charge in [-0.1, -0.05) is 28.1 Å². The van der Waals surface area contributed by atoms with E-state index in [0.717, 1.165) is 28.7 Å². The molecule has 0 unspecified atom stereocenters. The molecule has 3 rings (SSSR count). The number of hydrogen-bond acceptors (Lipinski definition) is 13. The first-order chi connectivity index (χ1) is 16.4. The Morgan fingerprint density at radius 2 is 2.03 bits per heavy atom. The molecule has 1 atom stereocenters. The van der Waals surface area contributed by atoms with Crippen LogP contribution in [0.5, 0.6) is 5.75 Å². The fourth-order valence-electron chi connectivity index (χ4n) is 3.00. The van der Waals surface area contributed by atoms with E-state index in [1.165, 1.54) is 7.11 Å². The van der Waals surface area contributed by atoms with Crippen LogP contribution >= 0.6 is 36.4 Å². The minimum absolute atomic E-state index is 0. The molecule has 0 aliphatic carbocycles. The van der Waals surface area contributed by atoms with Crippen molar-refractivity contribution in [3.05, 3.63) is 38.2 Å². The number of thiazole rings is 1. The Labute approximate surface area is 218 Å². The number of amides is 2. The van der Waals surface area contributed by atoms with E-state index in [9.17, 15) is 24.7 Å². The molecule has 196 valence electrons. The third-order valence-corrected chi connectivity index (χ3v) is 5.72. The summed E-state index contributed by atoms with van der Waals surface area (Å²) in [4.78, 5) is 67.1. The first-order valence-corrected chi connectivity index (χ1v) is 10.5. The van der Waals surface area contributed by atoms with Crippen LogP contribution < -0.4 is 16.5 Å². The number of aromatic nitrogens is 2. The molecule has 15 nitrogen and oxygen atoms in total. The Bertz CT molecular complexity index is 1260. The van der Waals surface area contributed by atoms with Gasteiger partial charge in [0.15, 0.2) is 23.2 Å². The molecule has 1 saturated heterocycles. The average molecular weight is 565 g/mol. The quantitative estimate of drug-likeness (QED) is 0.147. The van der Waals surface area contributed by atoms with Gasteiger partial charge in [0, 0.05) is 6.07 Å². The van der Waals surface area contributed by atoms with Gasteiger partial charge in [-0.3, -0.25) is 19.2 Å². The Balaban J connectivity index is 0.00000154. The standard InChI is InChI=1S/C17H19ClN6O7S.CO2.H2S/c1-17(2)12(15(28)24(17)30-3)21-14(27)11(10-13(18)32-16(19)20-10)22-31-6-7-4-8(25)9(26)5-23(7)29;2-1-3;/h4-5,12,26,29H,6H2,1-3H3,(H2,19,20)(H,21,27);;1H2/b22-11-;;/t12-;;/m1../s1. The second kappa shape index (κ2) is 12.4. The van der Waals surface area contributed by atoms with Gasteiger partial charge in [-0.25, -0.2) is 10.0 Å². The van der Waals surface area contributed by atoms with E-state index in [4.69, 9.17) is 36.6 Å². The lowest BCUT2D eigenvalue weighted by Crippen LogP contribution is -2.76. The number of hydroxylamine groups is 2. The number of carbonyl (C=O) groups is 2. The Kier molecular flexibility index (Phi) is 10.4. The molecule has 0 bridgehead atoms. The number of nitrogens with two attached hydrogens (primary N) is 1. The van der Waals surface area contributed by atoms with Crippen LogP contribution in [0.25, 0.3) is 0 Å². The van der Waals surface area contributed by atoms with Gasteiger partial charge in [0.25, 0.3) is 11.8 Å². The van der Waals surface area contributed by atoms with E-state index in [2.05, 4.69) is 15.5 Å². The van der Waals surface area contributed by atoms with E-state index in [-0.39, 0.29) is 46.2 Å². The molecule has 3 heterocycles. The third-order valence-electron chi connectivity index (χ3n) is 4.63. The van der Waals surface area contributed by atoms with E-state index in [1.807, 2.05) is 0 Å². The number of aromatic hydroxyl groups is 1. The first-order valence-electron chi connectivity index (χ1n) is 9.33. The van der Waals surface area contributed by atoms with E-state index in [1.54, 1.807) is 13.8 Å². The van der Waals surface area contributed by atoms with E-state index < -0.39 is 41.2 Å². The van der Waals surface area contributed by atoms with Gasteiger partial charge < -0.3 is 26.2 Å². The third kappa shape index (κ3) is 6.32. The minimum Gasteiger partial charge on any atom is -0.503 e. The predicted molar refractivity (Wildman–Crippen MR) is 128 cm³/mol. The summed E-state index contributed by atoms with van der Waals surface area (Å²) in [5.41, 5.74) is 3.54. The van der Waals surface area contributed by atoms with Gasteiger partial charge in [-0.2, -0.15) is 27.8 Å². The monoisotopic (exact) mass is 564 g/mol. The van der Waals surface area contributed by atoms with Crippen LogP contribution in [0.1, 0.15) is 25.2 Å². The molecule has 0 aromatic carbocycles. The number of pyridine rings is 1. The van der Waals surface area contributed by atoms with Crippen LogP contribution in [0.4, 0.5) is 5.13 Å². The van der Waals surface area contributed by atoms with Crippen LogP contribution in [-0.4, -0.2) is 67.5 Å². The maximum Gasteiger partial charge on any atom is 0.373 e. The molecular weight excluding hydrogens is 544 g/mol. The molecule has 1 aliphatic rings. The number of rotatable bonds is 7. The topological polar surface area (TPSA) is 216 Å². The smallest absolute Gasteiger partial charge is 0.373 e. The van der Waals surface area contributed by atoms with E-state index in [0.29, 0.717) is 4.73 Å². The molecule has 0 radical (unpaired) electrons. The van der Waals surface area contributed by atoms with Crippen molar-refractivity contribution in [3.63, 3.8) is 0 Å². The number of anilines is 1. The molecule has 1 fully saturated rings. The molecule has 36 heavy (non-hydrogen) atoms. The minimum atomic E-state index is -0.922. The summed E-state index contributed by atoms with van der Waals surface area (Å²) in [6.45, 7) is 2.93. The summed E-state index contributed by atoms with van der Waals surface area (Å²) in [5.74, 6) is -1.96. The van der Waals surface area contributed by atoms with Gasteiger partial charge in [0.05, 0.1) is 18.8 Å². The molecule has 2 aromatic rings. The summed E-state index contributed by atoms with van der Waals surface area (Å²) >= 11 is 7.01. The number of halogens is 1. The number of nitrogens with one attached hydrogen (secondary N) is 1. The highest BCUT2D eigenvalue weighted by Crippen LogP contribution is 2.32. The summed E-state index contributed by atoms with van der Waals surface area (Å²) in [6.07, 6.45) is 1.03. The summed E-state index contributed by atoms with van der Waals surface area (Å²) in [5, 5.41) is 26.5. The van der Waals surface area contributed by atoms with Crippen molar-refractivity contribution in [3.8, 4) is 5.75 Å². The molecule has 0 spiro atoms. The predicted octanol–water partition coefficient (Wildman–Crippen LogP) is -0.400. The normalized spacial score (nSPS) is 16.0. The van der Waals surface area contributed by atoms with Crippen molar-refractivity contribution in [1.82, 2.24) is 20.1 Å². The molecule has 0 saturated carbocycles. The SMILES string of the molecule is CON1C(=O)[C@@H](NC(=O)/C(=N\OCc2cc(=O)c(O)cn2O)c2nc(N)sc2Cl)C1(C)C.O=C=O.S. The second-order valence-electron chi connectivity index (χ2n) is 7.21. The van der Waals surface area contributed by atoms with Crippen molar-refractivity contribution in [2.45, 2.75) is 32.0 Å². The van der Waals surface area contributed by atoms with Crippen molar-refractivity contribution in [2.24, 2.45) is 5.16 Å². The molecule has 2 aromatic heterocycles. The zero-order valence-electron chi connectivity index (χ0n) is 18.8. The lowest BCUT2D eigenvalue weighted by atomic mass is 9.84. The molecule has 5 N–H and O–H groups in total. The largest absolute Gasteiger partial charge is 0.503 e.